The Morgan fingerprint density at radius 1 is 1.42 bits per heavy atom. The third-order valence-electron chi connectivity index (χ3n) is 3.27. The van der Waals surface area contributed by atoms with Crippen molar-refractivity contribution in [2.24, 2.45) is 5.73 Å². The smallest absolute Gasteiger partial charge is 0.340 e. The predicted octanol–water partition coefficient (Wildman–Crippen LogP) is 0.560. The lowest BCUT2D eigenvalue weighted by Crippen LogP contribution is -2.41. The zero-order chi connectivity index (χ0) is 14.2. The van der Waals surface area contributed by atoms with Crippen molar-refractivity contribution in [1.82, 2.24) is 0 Å². The van der Waals surface area contributed by atoms with E-state index in [4.69, 9.17) is 16.6 Å². The number of carboxylic acids is 1. The standard InChI is InChI=1S/C12H14FN3O3/c13-6-3-4-7(9(10(6)14)12(18)19)16-5-1-2-8(16)11(15)17/h3-4,8H,1-2,5,14H2,(H2,15,17)(H,18,19). The van der Waals surface area contributed by atoms with E-state index in [1.807, 2.05) is 0 Å². The number of rotatable bonds is 3. The number of anilines is 2. The van der Waals surface area contributed by atoms with Crippen LogP contribution in [0.4, 0.5) is 15.8 Å². The number of hydrogen-bond acceptors (Lipinski definition) is 4. The Kier molecular flexibility index (Phi) is 3.28. The third-order valence-corrected chi connectivity index (χ3v) is 3.27. The van der Waals surface area contributed by atoms with E-state index >= 15 is 0 Å². The van der Waals surface area contributed by atoms with Crippen LogP contribution in [0.5, 0.6) is 0 Å². The zero-order valence-electron chi connectivity index (χ0n) is 10.1. The number of nitrogen functional groups attached to an aromatic ring is 1. The Labute approximate surface area is 108 Å². The zero-order valence-corrected chi connectivity index (χ0v) is 10.1. The number of aromatic carboxylic acids is 1. The molecule has 102 valence electrons. The summed E-state index contributed by atoms with van der Waals surface area (Å²) in [7, 11) is 0. The molecule has 1 aliphatic heterocycles. The van der Waals surface area contributed by atoms with Crippen LogP contribution in [0.3, 0.4) is 0 Å². The molecule has 0 aromatic heterocycles. The van der Waals surface area contributed by atoms with Gasteiger partial charge in [-0.15, -0.1) is 0 Å². The van der Waals surface area contributed by atoms with Gasteiger partial charge in [0.1, 0.15) is 17.4 Å². The van der Waals surface area contributed by atoms with Gasteiger partial charge in [-0.25, -0.2) is 9.18 Å². The molecule has 1 saturated heterocycles. The molecule has 1 aromatic rings. The molecule has 2 rings (SSSR count). The molecule has 1 amide bonds. The minimum atomic E-state index is -1.33. The summed E-state index contributed by atoms with van der Waals surface area (Å²) in [6.07, 6.45) is 1.26. The summed E-state index contributed by atoms with van der Waals surface area (Å²) >= 11 is 0. The van der Waals surface area contributed by atoms with E-state index in [0.717, 1.165) is 6.07 Å². The van der Waals surface area contributed by atoms with Crippen LogP contribution in [0, 0.1) is 5.82 Å². The molecule has 6 nitrogen and oxygen atoms in total. The van der Waals surface area contributed by atoms with Crippen molar-refractivity contribution in [3.63, 3.8) is 0 Å². The number of hydrogen-bond donors (Lipinski definition) is 3. The van der Waals surface area contributed by atoms with Gasteiger partial charge in [0.2, 0.25) is 5.91 Å². The summed E-state index contributed by atoms with van der Waals surface area (Å²) in [5.74, 6) is -2.66. The molecular weight excluding hydrogens is 253 g/mol. The highest BCUT2D eigenvalue weighted by atomic mass is 19.1. The molecule has 1 heterocycles. The van der Waals surface area contributed by atoms with Crippen molar-refractivity contribution >= 4 is 23.3 Å². The maximum Gasteiger partial charge on any atom is 0.340 e. The van der Waals surface area contributed by atoms with Gasteiger partial charge in [-0.2, -0.15) is 0 Å². The van der Waals surface area contributed by atoms with E-state index in [1.54, 1.807) is 4.90 Å². The van der Waals surface area contributed by atoms with Gasteiger partial charge in [0, 0.05) is 6.54 Å². The van der Waals surface area contributed by atoms with E-state index in [9.17, 15) is 14.0 Å². The molecular formula is C12H14FN3O3. The van der Waals surface area contributed by atoms with E-state index in [1.165, 1.54) is 6.07 Å². The van der Waals surface area contributed by atoms with Crippen LogP contribution in [0.1, 0.15) is 23.2 Å². The average molecular weight is 267 g/mol. The second kappa shape index (κ2) is 4.75. The van der Waals surface area contributed by atoms with Gasteiger partial charge in [-0.05, 0) is 25.0 Å². The molecule has 0 saturated carbocycles. The number of carbonyl (C=O) groups is 2. The van der Waals surface area contributed by atoms with Gasteiger partial charge >= 0.3 is 5.97 Å². The number of benzene rings is 1. The first-order valence-corrected chi connectivity index (χ1v) is 5.80. The van der Waals surface area contributed by atoms with Crippen molar-refractivity contribution in [3.8, 4) is 0 Å². The van der Waals surface area contributed by atoms with Crippen molar-refractivity contribution in [1.29, 1.82) is 0 Å². The first-order valence-electron chi connectivity index (χ1n) is 5.80. The normalized spacial score (nSPS) is 18.6. The summed E-state index contributed by atoms with van der Waals surface area (Å²) in [5.41, 5.74) is 10.2. The Balaban J connectivity index is 2.53. The fraction of sp³-hybridized carbons (Fsp3) is 0.333. The summed E-state index contributed by atoms with van der Waals surface area (Å²) in [6, 6.07) is 1.83. The first-order chi connectivity index (χ1) is 8.93. The predicted molar refractivity (Wildman–Crippen MR) is 67.3 cm³/mol. The van der Waals surface area contributed by atoms with Gasteiger partial charge in [0.15, 0.2) is 0 Å². The minimum absolute atomic E-state index is 0.229. The quantitative estimate of drug-likeness (QED) is 0.693. The van der Waals surface area contributed by atoms with Crippen molar-refractivity contribution in [3.05, 3.63) is 23.5 Å². The van der Waals surface area contributed by atoms with Crippen molar-refractivity contribution in [2.45, 2.75) is 18.9 Å². The summed E-state index contributed by atoms with van der Waals surface area (Å²) in [6.45, 7) is 0.485. The lowest BCUT2D eigenvalue weighted by Gasteiger charge is -2.26. The van der Waals surface area contributed by atoms with Crippen LogP contribution in [0.25, 0.3) is 0 Å². The number of halogens is 1. The van der Waals surface area contributed by atoms with E-state index in [2.05, 4.69) is 0 Å². The molecule has 0 bridgehead atoms. The monoisotopic (exact) mass is 267 g/mol. The fourth-order valence-electron chi connectivity index (χ4n) is 2.40. The van der Waals surface area contributed by atoms with Crippen molar-refractivity contribution < 1.29 is 19.1 Å². The van der Waals surface area contributed by atoms with E-state index in [-0.39, 0.29) is 11.3 Å². The van der Waals surface area contributed by atoms with Gasteiger partial charge in [0.05, 0.1) is 11.4 Å². The van der Waals surface area contributed by atoms with Crippen LogP contribution in [-0.2, 0) is 4.79 Å². The molecule has 1 aliphatic rings. The topological polar surface area (TPSA) is 110 Å². The molecule has 0 aliphatic carbocycles. The van der Waals surface area contributed by atoms with Crippen LogP contribution in [0.15, 0.2) is 12.1 Å². The number of carbonyl (C=O) groups excluding carboxylic acids is 1. The molecule has 0 spiro atoms. The van der Waals surface area contributed by atoms with Crippen LogP contribution in [-0.4, -0.2) is 29.6 Å². The Morgan fingerprint density at radius 3 is 2.68 bits per heavy atom. The summed E-state index contributed by atoms with van der Waals surface area (Å²) in [5, 5.41) is 9.17. The molecule has 7 heteroatoms. The SMILES string of the molecule is NC(=O)C1CCCN1c1ccc(F)c(N)c1C(=O)O. The molecule has 0 radical (unpaired) electrons. The van der Waals surface area contributed by atoms with Gasteiger partial charge in [-0.3, -0.25) is 4.79 Å². The van der Waals surface area contributed by atoms with Gasteiger partial charge < -0.3 is 21.5 Å². The minimum Gasteiger partial charge on any atom is -0.478 e. The molecule has 1 unspecified atom stereocenters. The lowest BCUT2D eigenvalue weighted by atomic mass is 10.1. The molecule has 1 atom stereocenters. The van der Waals surface area contributed by atoms with E-state index in [0.29, 0.717) is 19.4 Å². The van der Waals surface area contributed by atoms with Crippen molar-refractivity contribution in [2.75, 3.05) is 17.2 Å². The summed E-state index contributed by atoms with van der Waals surface area (Å²) in [4.78, 5) is 24.2. The molecule has 1 aromatic carbocycles. The second-order valence-electron chi connectivity index (χ2n) is 4.41. The van der Waals surface area contributed by atoms with Crippen LogP contribution >= 0.6 is 0 Å². The maximum atomic E-state index is 13.4. The highest BCUT2D eigenvalue weighted by Crippen LogP contribution is 2.33. The number of nitrogens with two attached hydrogens (primary N) is 2. The third kappa shape index (κ3) is 2.18. The first kappa shape index (κ1) is 13.1. The Morgan fingerprint density at radius 2 is 2.11 bits per heavy atom. The Hall–Kier alpha value is -2.31. The second-order valence-corrected chi connectivity index (χ2v) is 4.41. The molecule has 1 fully saturated rings. The lowest BCUT2D eigenvalue weighted by molar-refractivity contribution is -0.119. The highest BCUT2D eigenvalue weighted by molar-refractivity contribution is 6.01. The molecule has 19 heavy (non-hydrogen) atoms. The number of primary amides is 1. The number of amides is 1. The van der Waals surface area contributed by atoms with Crippen LogP contribution in [0.2, 0.25) is 0 Å². The summed E-state index contributed by atoms with van der Waals surface area (Å²) < 4.78 is 13.4. The number of carboxylic acid groups (broad SMARTS) is 1. The largest absolute Gasteiger partial charge is 0.478 e. The highest BCUT2D eigenvalue weighted by Gasteiger charge is 2.32. The number of nitrogens with zero attached hydrogens (tertiary/aromatic N) is 1. The van der Waals surface area contributed by atoms with Crippen LogP contribution < -0.4 is 16.4 Å². The average Bonchev–Trinajstić information content (AvgIpc) is 2.80. The van der Waals surface area contributed by atoms with Gasteiger partial charge in [-0.1, -0.05) is 0 Å². The Bertz CT molecular complexity index is 547. The molecule has 5 N–H and O–H groups in total. The van der Waals surface area contributed by atoms with Gasteiger partial charge in [0.25, 0.3) is 0 Å². The maximum absolute atomic E-state index is 13.4. The van der Waals surface area contributed by atoms with E-state index < -0.39 is 29.4 Å². The fourth-order valence-corrected chi connectivity index (χ4v) is 2.40.